The second-order valence-corrected chi connectivity index (χ2v) is 4.52. The summed E-state index contributed by atoms with van der Waals surface area (Å²) in [4.78, 5) is 24.7. The van der Waals surface area contributed by atoms with Crippen LogP contribution in [0.25, 0.3) is 0 Å². The zero-order chi connectivity index (χ0) is 12.8. The summed E-state index contributed by atoms with van der Waals surface area (Å²) in [6.45, 7) is 8.38. The fourth-order valence-electron chi connectivity index (χ4n) is 1.26. The first-order valence-electron chi connectivity index (χ1n) is 5.76. The lowest BCUT2D eigenvalue weighted by Gasteiger charge is -2.28. The van der Waals surface area contributed by atoms with Crippen LogP contribution in [-0.4, -0.2) is 37.0 Å². The molecule has 0 heterocycles. The summed E-state index contributed by atoms with van der Waals surface area (Å²) in [5.74, 6) is -0.184. The lowest BCUT2D eigenvalue weighted by molar-refractivity contribution is -0.145. The number of ether oxygens (including phenoxy) is 1. The van der Waals surface area contributed by atoms with Crippen molar-refractivity contribution in [2.24, 2.45) is 5.41 Å². The lowest BCUT2D eigenvalue weighted by atomic mass is 9.88. The van der Waals surface area contributed by atoms with E-state index >= 15 is 0 Å². The number of hydrogen-bond acceptors (Lipinski definition) is 3. The van der Waals surface area contributed by atoms with Gasteiger partial charge in [-0.2, -0.15) is 0 Å². The van der Waals surface area contributed by atoms with Crippen LogP contribution in [0.15, 0.2) is 0 Å². The number of rotatable bonds is 6. The molecule has 0 aromatic heterocycles. The second-order valence-electron chi connectivity index (χ2n) is 4.52. The fourth-order valence-corrected chi connectivity index (χ4v) is 1.26. The average molecular weight is 229 g/mol. The molecule has 0 saturated carbocycles. The third-order valence-electron chi connectivity index (χ3n) is 2.77. The Balaban J connectivity index is 4.12. The molecular formula is C12H23NO3. The SMILES string of the molecule is CCOC(=O)CCN(C)C(=O)C(C)(C)CC. The van der Waals surface area contributed by atoms with Gasteiger partial charge in [0.2, 0.25) is 5.91 Å². The van der Waals surface area contributed by atoms with Crippen molar-refractivity contribution in [3.8, 4) is 0 Å². The van der Waals surface area contributed by atoms with E-state index in [-0.39, 0.29) is 23.7 Å². The maximum atomic E-state index is 11.9. The van der Waals surface area contributed by atoms with Crippen LogP contribution >= 0.6 is 0 Å². The molecular weight excluding hydrogens is 206 g/mol. The molecule has 0 bridgehead atoms. The highest BCUT2D eigenvalue weighted by Gasteiger charge is 2.28. The molecule has 0 rings (SSSR count). The Bertz CT molecular complexity index is 249. The van der Waals surface area contributed by atoms with Gasteiger partial charge in [0.15, 0.2) is 0 Å². The first-order valence-corrected chi connectivity index (χ1v) is 5.76. The molecule has 16 heavy (non-hydrogen) atoms. The van der Waals surface area contributed by atoms with Gasteiger partial charge in [-0.25, -0.2) is 0 Å². The molecule has 0 fully saturated rings. The molecule has 4 nitrogen and oxygen atoms in total. The van der Waals surface area contributed by atoms with Crippen molar-refractivity contribution in [1.29, 1.82) is 0 Å². The van der Waals surface area contributed by atoms with E-state index in [1.807, 2.05) is 20.8 Å². The van der Waals surface area contributed by atoms with E-state index in [9.17, 15) is 9.59 Å². The van der Waals surface area contributed by atoms with Crippen LogP contribution in [0, 0.1) is 5.41 Å². The summed E-state index contributed by atoms with van der Waals surface area (Å²) >= 11 is 0. The molecule has 0 aromatic rings. The molecule has 0 saturated heterocycles. The van der Waals surface area contributed by atoms with E-state index < -0.39 is 0 Å². The quantitative estimate of drug-likeness (QED) is 0.653. The largest absolute Gasteiger partial charge is 0.466 e. The Morgan fingerprint density at radius 2 is 1.81 bits per heavy atom. The van der Waals surface area contributed by atoms with Crippen LogP contribution in [0.3, 0.4) is 0 Å². The van der Waals surface area contributed by atoms with E-state index in [1.165, 1.54) is 0 Å². The van der Waals surface area contributed by atoms with Crippen LogP contribution < -0.4 is 0 Å². The number of amides is 1. The average Bonchev–Trinajstić information content (AvgIpc) is 2.25. The highest BCUT2D eigenvalue weighted by molar-refractivity contribution is 5.82. The fraction of sp³-hybridized carbons (Fsp3) is 0.833. The maximum Gasteiger partial charge on any atom is 0.307 e. The summed E-state index contributed by atoms with van der Waals surface area (Å²) in [6, 6.07) is 0. The molecule has 0 aliphatic rings. The van der Waals surface area contributed by atoms with Crippen molar-refractivity contribution >= 4 is 11.9 Å². The van der Waals surface area contributed by atoms with Gasteiger partial charge in [-0.3, -0.25) is 9.59 Å². The Hall–Kier alpha value is -1.06. The Morgan fingerprint density at radius 1 is 1.25 bits per heavy atom. The van der Waals surface area contributed by atoms with Gasteiger partial charge < -0.3 is 9.64 Å². The Kier molecular flexibility index (Phi) is 6.08. The zero-order valence-corrected chi connectivity index (χ0v) is 11.0. The minimum absolute atomic E-state index is 0.0688. The molecule has 0 N–H and O–H groups in total. The monoisotopic (exact) mass is 229 g/mol. The van der Waals surface area contributed by atoms with Crippen molar-refractivity contribution in [1.82, 2.24) is 4.90 Å². The highest BCUT2D eigenvalue weighted by atomic mass is 16.5. The standard InChI is InChI=1S/C12H23NO3/c1-6-12(3,4)11(15)13(5)9-8-10(14)16-7-2/h6-9H2,1-5H3. The minimum Gasteiger partial charge on any atom is -0.466 e. The van der Waals surface area contributed by atoms with Crippen LogP contribution in [0.5, 0.6) is 0 Å². The molecule has 0 unspecified atom stereocenters. The normalized spacial score (nSPS) is 11.1. The van der Waals surface area contributed by atoms with E-state index in [1.54, 1.807) is 18.9 Å². The van der Waals surface area contributed by atoms with Crippen molar-refractivity contribution in [3.63, 3.8) is 0 Å². The lowest BCUT2D eigenvalue weighted by Crippen LogP contribution is -2.39. The number of carbonyl (C=O) groups is 2. The van der Waals surface area contributed by atoms with E-state index in [2.05, 4.69) is 0 Å². The van der Waals surface area contributed by atoms with Gasteiger partial charge >= 0.3 is 5.97 Å². The molecule has 0 atom stereocenters. The van der Waals surface area contributed by atoms with E-state index in [4.69, 9.17) is 4.74 Å². The molecule has 0 spiro atoms. The molecule has 1 amide bonds. The molecule has 0 aliphatic carbocycles. The zero-order valence-electron chi connectivity index (χ0n) is 11.0. The molecule has 0 aliphatic heterocycles. The first-order chi connectivity index (χ1) is 7.35. The van der Waals surface area contributed by atoms with E-state index in [0.29, 0.717) is 13.2 Å². The van der Waals surface area contributed by atoms with Gasteiger partial charge in [-0.05, 0) is 13.3 Å². The van der Waals surface area contributed by atoms with E-state index in [0.717, 1.165) is 6.42 Å². The topological polar surface area (TPSA) is 46.6 Å². The Morgan fingerprint density at radius 3 is 2.25 bits per heavy atom. The first kappa shape index (κ1) is 14.9. The summed E-state index contributed by atoms with van der Waals surface area (Å²) < 4.78 is 4.81. The van der Waals surface area contributed by atoms with Gasteiger partial charge in [0.1, 0.15) is 0 Å². The summed E-state index contributed by atoms with van der Waals surface area (Å²) in [5.41, 5.74) is -0.358. The number of nitrogens with zero attached hydrogens (tertiary/aromatic N) is 1. The predicted octanol–water partition coefficient (Wildman–Crippen LogP) is 1.83. The molecule has 94 valence electrons. The maximum absolute atomic E-state index is 11.9. The highest BCUT2D eigenvalue weighted by Crippen LogP contribution is 2.22. The van der Waals surface area contributed by atoms with Crippen molar-refractivity contribution in [2.75, 3.05) is 20.2 Å². The van der Waals surface area contributed by atoms with Gasteiger partial charge in [-0.1, -0.05) is 20.8 Å². The van der Waals surface area contributed by atoms with Gasteiger partial charge in [0.05, 0.1) is 13.0 Å². The Labute approximate surface area is 98.0 Å². The smallest absolute Gasteiger partial charge is 0.307 e. The predicted molar refractivity (Wildman–Crippen MR) is 63.0 cm³/mol. The minimum atomic E-state index is -0.358. The van der Waals surface area contributed by atoms with Crippen molar-refractivity contribution < 1.29 is 14.3 Å². The van der Waals surface area contributed by atoms with Gasteiger partial charge in [0, 0.05) is 19.0 Å². The second kappa shape index (κ2) is 6.51. The van der Waals surface area contributed by atoms with Crippen molar-refractivity contribution in [3.05, 3.63) is 0 Å². The van der Waals surface area contributed by atoms with Gasteiger partial charge in [-0.15, -0.1) is 0 Å². The van der Waals surface area contributed by atoms with Crippen LogP contribution in [-0.2, 0) is 14.3 Å². The van der Waals surface area contributed by atoms with Crippen LogP contribution in [0.4, 0.5) is 0 Å². The van der Waals surface area contributed by atoms with Crippen LogP contribution in [0.2, 0.25) is 0 Å². The molecule has 4 heteroatoms. The molecule has 0 aromatic carbocycles. The number of carbonyl (C=O) groups excluding carboxylic acids is 2. The summed E-state index contributed by atoms with van der Waals surface area (Å²) in [6.07, 6.45) is 1.05. The summed E-state index contributed by atoms with van der Waals surface area (Å²) in [7, 11) is 1.72. The third kappa shape index (κ3) is 4.64. The molecule has 0 radical (unpaired) electrons. The number of esters is 1. The summed E-state index contributed by atoms with van der Waals surface area (Å²) in [5, 5.41) is 0. The number of hydrogen-bond donors (Lipinski definition) is 0. The van der Waals surface area contributed by atoms with Crippen molar-refractivity contribution in [2.45, 2.75) is 40.5 Å². The van der Waals surface area contributed by atoms with Crippen LogP contribution in [0.1, 0.15) is 40.5 Å². The third-order valence-corrected chi connectivity index (χ3v) is 2.77. The van der Waals surface area contributed by atoms with Gasteiger partial charge in [0.25, 0.3) is 0 Å².